The summed E-state index contributed by atoms with van der Waals surface area (Å²) in [6, 6.07) is 0. The molecule has 20 heavy (non-hydrogen) atoms. The molecular formula is C15H31NO3Si. The number of aliphatic hydroxyl groups is 1. The van der Waals surface area contributed by atoms with Crippen LogP contribution in [0.25, 0.3) is 0 Å². The molecule has 0 aromatic heterocycles. The van der Waals surface area contributed by atoms with Crippen LogP contribution in [0.1, 0.15) is 48.0 Å². The molecule has 118 valence electrons. The van der Waals surface area contributed by atoms with Crippen molar-refractivity contribution in [2.45, 2.75) is 70.7 Å². The van der Waals surface area contributed by atoms with Gasteiger partial charge in [0.05, 0.1) is 12.7 Å². The maximum absolute atomic E-state index is 11.2. The highest BCUT2D eigenvalue weighted by molar-refractivity contribution is 6.77. The Morgan fingerprint density at radius 2 is 1.70 bits per heavy atom. The zero-order valence-corrected chi connectivity index (χ0v) is 14.8. The number of nitrogens with one attached hydrogen (secondary N) is 1. The van der Waals surface area contributed by atoms with E-state index >= 15 is 0 Å². The summed E-state index contributed by atoms with van der Waals surface area (Å²) in [6.45, 7) is 14.3. The summed E-state index contributed by atoms with van der Waals surface area (Å²) in [5.41, 5.74) is 1.54. The molecule has 0 saturated carbocycles. The maximum Gasteiger partial charge on any atom is 0.220 e. The predicted molar refractivity (Wildman–Crippen MR) is 84.1 cm³/mol. The topological polar surface area (TPSA) is 58.6 Å². The molecule has 0 radical (unpaired) electrons. The van der Waals surface area contributed by atoms with Gasteiger partial charge in [-0.2, -0.15) is 0 Å². The zero-order chi connectivity index (χ0) is 15.5. The minimum absolute atomic E-state index is 0.000636. The average Bonchev–Trinajstić information content (AvgIpc) is 2.75. The highest BCUT2D eigenvalue weighted by Crippen LogP contribution is 2.42. The molecular weight excluding hydrogens is 270 g/mol. The Bertz CT molecular complexity index is 309. The van der Waals surface area contributed by atoms with Crippen molar-refractivity contribution in [1.29, 1.82) is 0 Å². The van der Waals surface area contributed by atoms with Crippen LogP contribution < -0.4 is 5.32 Å². The SMILES string of the molecule is CC(C)[Si](OC[C@@H](O)[C@@H]1CNC(=O)C1)(C(C)C)C(C)C. The Morgan fingerprint density at radius 1 is 1.20 bits per heavy atom. The third-order valence-electron chi connectivity index (χ3n) is 4.76. The molecule has 1 saturated heterocycles. The molecule has 1 rings (SSSR count). The number of hydrogen-bond donors (Lipinski definition) is 2. The van der Waals surface area contributed by atoms with Crippen molar-refractivity contribution in [2.24, 2.45) is 5.92 Å². The molecule has 0 aliphatic carbocycles. The fourth-order valence-corrected chi connectivity index (χ4v) is 9.22. The van der Waals surface area contributed by atoms with Gasteiger partial charge in [0.2, 0.25) is 5.91 Å². The van der Waals surface area contributed by atoms with E-state index in [0.29, 0.717) is 36.2 Å². The number of amides is 1. The lowest BCUT2D eigenvalue weighted by Gasteiger charge is -2.42. The van der Waals surface area contributed by atoms with Crippen molar-refractivity contribution >= 4 is 14.2 Å². The van der Waals surface area contributed by atoms with Crippen LogP contribution in [0.3, 0.4) is 0 Å². The Labute approximate surface area is 124 Å². The number of rotatable bonds is 7. The van der Waals surface area contributed by atoms with Crippen molar-refractivity contribution in [2.75, 3.05) is 13.2 Å². The van der Waals surface area contributed by atoms with Gasteiger partial charge in [0.25, 0.3) is 0 Å². The molecule has 2 atom stereocenters. The van der Waals surface area contributed by atoms with Gasteiger partial charge in [-0.3, -0.25) is 4.79 Å². The summed E-state index contributed by atoms with van der Waals surface area (Å²) in [5, 5.41) is 13.1. The molecule has 0 bridgehead atoms. The lowest BCUT2D eigenvalue weighted by Crippen LogP contribution is -2.49. The Hall–Kier alpha value is -0.393. The summed E-state index contributed by atoms with van der Waals surface area (Å²) in [7, 11) is -1.92. The van der Waals surface area contributed by atoms with E-state index in [2.05, 4.69) is 46.9 Å². The third kappa shape index (κ3) is 3.62. The predicted octanol–water partition coefficient (Wildman–Crippen LogP) is 2.68. The van der Waals surface area contributed by atoms with Crippen LogP contribution in [-0.4, -0.2) is 38.6 Å². The molecule has 0 spiro atoms. The van der Waals surface area contributed by atoms with Gasteiger partial charge in [-0.1, -0.05) is 41.5 Å². The lowest BCUT2D eigenvalue weighted by molar-refractivity contribution is -0.119. The van der Waals surface area contributed by atoms with Crippen molar-refractivity contribution in [3.05, 3.63) is 0 Å². The minimum atomic E-state index is -1.92. The van der Waals surface area contributed by atoms with Crippen LogP contribution in [0.5, 0.6) is 0 Å². The van der Waals surface area contributed by atoms with E-state index < -0.39 is 14.4 Å². The van der Waals surface area contributed by atoms with Crippen molar-refractivity contribution in [3.63, 3.8) is 0 Å². The Morgan fingerprint density at radius 3 is 2.05 bits per heavy atom. The molecule has 0 unspecified atom stereocenters. The van der Waals surface area contributed by atoms with Crippen LogP contribution in [-0.2, 0) is 9.22 Å². The number of hydrogen-bond acceptors (Lipinski definition) is 3. The largest absolute Gasteiger partial charge is 0.413 e. The van der Waals surface area contributed by atoms with Crippen molar-refractivity contribution < 1.29 is 14.3 Å². The molecule has 1 fully saturated rings. The molecule has 0 aromatic rings. The minimum Gasteiger partial charge on any atom is -0.413 e. The normalized spacial score (nSPS) is 21.9. The van der Waals surface area contributed by atoms with Gasteiger partial charge in [-0.05, 0) is 16.6 Å². The van der Waals surface area contributed by atoms with E-state index in [4.69, 9.17) is 4.43 Å². The van der Waals surface area contributed by atoms with Gasteiger partial charge in [0.1, 0.15) is 0 Å². The van der Waals surface area contributed by atoms with Crippen LogP contribution in [0.4, 0.5) is 0 Å². The average molecular weight is 302 g/mol. The second-order valence-electron chi connectivity index (χ2n) is 6.96. The van der Waals surface area contributed by atoms with Crippen LogP contribution >= 0.6 is 0 Å². The lowest BCUT2D eigenvalue weighted by atomic mass is 10.0. The first-order valence-electron chi connectivity index (χ1n) is 7.80. The summed E-state index contributed by atoms with van der Waals surface area (Å²) < 4.78 is 6.37. The van der Waals surface area contributed by atoms with E-state index in [0.717, 1.165) is 0 Å². The standard InChI is InChI=1S/C15H31NO3Si/c1-10(2)20(11(3)4,12(5)6)19-9-14(17)13-7-15(18)16-8-13/h10-14,17H,7-9H2,1-6H3,(H,16,18)/t13-,14+/m0/s1. The molecule has 1 heterocycles. The molecule has 1 aliphatic rings. The van der Waals surface area contributed by atoms with Gasteiger partial charge in [-0.25, -0.2) is 0 Å². The summed E-state index contributed by atoms with van der Waals surface area (Å²) in [4.78, 5) is 11.2. The Balaban J connectivity index is 2.69. The van der Waals surface area contributed by atoms with E-state index in [1.807, 2.05) is 0 Å². The maximum atomic E-state index is 11.2. The molecule has 4 nitrogen and oxygen atoms in total. The highest BCUT2D eigenvalue weighted by Gasteiger charge is 2.45. The van der Waals surface area contributed by atoms with E-state index in [1.165, 1.54) is 0 Å². The summed E-state index contributed by atoms with van der Waals surface area (Å²) in [6.07, 6.45) is -0.124. The first kappa shape index (κ1) is 17.7. The van der Waals surface area contributed by atoms with Gasteiger partial charge in [0.15, 0.2) is 8.32 Å². The Kier molecular flexibility index (Phi) is 6.22. The molecule has 0 aromatic carbocycles. The fraction of sp³-hybridized carbons (Fsp3) is 0.933. The fourth-order valence-electron chi connectivity index (χ4n) is 3.77. The molecule has 5 heteroatoms. The van der Waals surface area contributed by atoms with Gasteiger partial charge in [-0.15, -0.1) is 0 Å². The van der Waals surface area contributed by atoms with Crippen molar-refractivity contribution in [3.8, 4) is 0 Å². The third-order valence-corrected chi connectivity index (χ3v) is 10.8. The first-order valence-corrected chi connectivity index (χ1v) is 9.94. The molecule has 1 aliphatic heterocycles. The van der Waals surface area contributed by atoms with Crippen molar-refractivity contribution in [1.82, 2.24) is 5.32 Å². The summed E-state index contributed by atoms with van der Waals surface area (Å²) >= 11 is 0. The monoisotopic (exact) mass is 301 g/mol. The zero-order valence-electron chi connectivity index (χ0n) is 13.8. The van der Waals surface area contributed by atoms with E-state index in [-0.39, 0.29) is 11.8 Å². The van der Waals surface area contributed by atoms with Crippen LogP contribution in [0.15, 0.2) is 0 Å². The molecule has 1 amide bonds. The number of aliphatic hydroxyl groups excluding tert-OH is 1. The first-order chi connectivity index (χ1) is 9.21. The smallest absolute Gasteiger partial charge is 0.220 e. The van der Waals surface area contributed by atoms with Gasteiger partial charge >= 0.3 is 0 Å². The van der Waals surface area contributed by atoms with Crippen LogP contribution in [0.2, 0.25) is 16.6 Å². The second-order valence-corrected chi connectivity index (χ2v) is 12.4. The number of carbonyl (C=O) groups is 1. The van der Waals surface area contributed by atoms with E-state index in [1.54, 1.807) is 0 Å². The molecule has 2 N–H and O–H groups in total. The van der Waals surface area contributed by atoms with Gasteiger partial charge < -0.3 is 14.8 Å². The number of carbonyl (C=O) groups excluding carboxylic acids is 1. The second kappa shape index (κ2) is 7.05. The summed E-state index contributed by atoms with van der Waals surface area (Å²) in [5.74, 6) is 0.0369. The van der Waals surface area contributed by atoms with Gasteiger partial charge in [0, 0.05) is 18.9 Å². The van der Waals surface area contributed by atoms with Crippen LogP contribution in [0, 0.1) is 5.92 Å². The quantitative estimate of drug-likeness (QED) is 0.711. The van der Waals surface area contributed by atoms with E-state index in [9.17, 15) is 9.90 Å². The highest BCUT2D eigenvalue weighted by atomic mass is 28.4.